The molecule has 0 heterocycles. The zero-order valence-corrected chi connectivity index (χ0v) is 21.0. The quantitative estimate of drug-likeness (QED) is 0.457. The number of carbonyl (C=O) groups is 1. The van der Waals surface area contributed by atoms with Crippen LogP contribution < -0.4 is 19.1 Å². The molecule has 3 rings (SSSR count). The molecule has 0 saturated heterocycles. The minimum absolute atomic E-state index is 0.0864. The monoisotopic (exact) mass is 502 g/mol. The number of sulfonamides is 1. The number of halogens is 1. The molecule has 0 unspecified atom stereocenters. The molecule has 9 heteroatoms. The van der Waals surface area contributed by atoms with Crippen LogP contribution in [-0.2, 0) is 14.8 Å². The Morgan fingerprint density at radius 2 is 1.65 bits per heavy atom. The van der Waals surface area contributed by atoms with Crippen LogP contribution in [0.15, 0.2) is 71.6 Å². The molecule has 1 atom stereocenters. The molecule has 0 aliphatic carbocycles. The number of nitrogens with one attached hydrogen (secondary N) is 1. The second-order valence-corrected chi connectivity index (χ2v) is 10.00. The topological polar surface area (TPSA) is 84.9 Å². The van der Waals surface area contributed by atoms with Crippen molar-refractivity contribution in [2.75, 3.05) is 25.1 Å². The second-order valence-electron chi connectivity index (χ2n) is 7.70. The molecule has 7 nitrogen and oxygen atoms in total. The molecule has 34 heavy (non-hydrogen) atoms. The molecule has 180 valence electrons. The summed E-state index contributed by atoms with van der Waals surface area (Å²) in [7, 11) is -0.930. The van der Waals surface area contributed by atoms with E-state index >= 15 is 0 Å². The fraction of sp³-hybridized carbons (Fsp3) is 0.240. The van der Waals surface area contributed by atoms with E-state index in [2.05, 4.69) is 5.32 Å². The lowest BCUT2D eigenvalue weighted by Crippen LogP contribution is -2.41. The predicted octanol–water partition coefficient (Wildman–Crippen LogP) is 4.74. The van der Waals surface area contributed by atoms with Crippen molar-refractivity contribution in [3.63, 3.8) is 0 Å². The third-order valence-corrected chi connectivity index (χ3v) is 7.33. The lowest BCUT2D eigenvalue weighted by atomic mass is 10.1. The van der Waals surface area contributed by atoms with Gasteiger partial charge in [0.2, 0.25) is 5.91 Å². The largest absolute Gasteiger partial charge is 0.497 e. The summed E-state index contributed by atoms with van der Waals surface area (Å²) < 4.78 is 38.7. The highest BCUT2D eigenvalue weighted by Crippen LogP contribution is 2.30. The number of rotatable bonds is 9. The molecule has 0 aliphatic heterocycles. The van der Waals surface area contributed by atoms with Gasteiger partial charge in [-0.05, 0) is 68.4 Å². The fourth-order valence-electron chi connectivity index (χ4n) is 3.43. The molecule has 0 spiro atoms. The van der Waals surface area contributed by atoms with Crippen molar-refractivity contribution in [3.05, 3.63) is 82.9 Å². The molecular weight excluding hydrogens is 476 g/mol. The number of hydrogen-bond acceptors (Lipinski definition) is 5. The van der Waals surface area contributed by atoms with Crippen molar-refractivity contribution < 1.29 is 22.7 Å². The lowest BCUT2D eigenvalue weighted by Gasteiger charge is -2.25. The van der Waals surface area contributed by atoms with Crippen LogP contribution >= 0.6 is 11.6 Å². The first kappa shape index (κ1) is 25.4. The van der Waals surface area contributed by atoms with Crippen molar-refractivity contribution in [1.82, 2.24) is 5.32 Å². The number of carbonyl (C=O) groups excluding carboxylic acids is 1. The number of methoxy groups -OCH3 is 2. The van der Waals surface area contributed by atoms with Crippen LogP contribution in [0.4, 0.5) is 5.69 Å². The van der Waals surface area contributed by atoms with E-state index in [1.165, 1.54) is 19.2 Å². The van der Waals surface area contributed by atoms with Gasteiger partial charge in [-0.15, -0.1) is 0 Å². The van der Waals surface area contributed by atoms with Crippen LogP contribution in [0.25, 0.3) is 0 Å². The average Bonchev–Trinajstić information content (AvgIpc) is 2.83. The maximum absolute atomic E-state index is 13.5. The summed E-state index contributed by atoms with van der Waals surface area (Å²) in [6.07, 6.45) is 0. The van der Waals surface area contributed by atoms with Crippen molar-refractivity contribution in [2.45, 2.75) is 24.8 Å². The number of aryl methyl sites for hydroxylation is 1. The van der Waals surface area contributed by atoms with Gasteiger partial charge in [0.25, 0.3) is 10.0 Å². The SMILES string of the molecule is COc1ccc(OC)c([C@H](C)NC(=O)CN(c2ccc(Cl)cc2)S(=O)(=O)c2ccc(C)cc2)c1. The second kappa shape index (κ2) is 10.8. The van der Waals surface area contributed by atoms with Crippen LogP contribution in [0.3, 0.4) is 0 Å². The van der Waals surface area contributed by atoms with E-state index < -0.39 is 28.5 Å². The summed E-state index contributed by atoms with van der Waals surface area (Å²) >= 11 is 5.99. The molecule has 1 N–H and O–H groups in total. The van der Waals surface area contributed by atoms with E-state index in [-0.39, 0.29) is 4.90 Å². The Morgan fingerprint density at radius 3 is 2.24 bits per heavy atom. The van der Waals surface area contributed by atoms with E-state index in [1.54, 1.807) is 68.6 Å². The Morgan fingerprint density at radius 1 is 1.00 bits per heavy atom. The Labute approximate surface area is 205 Å². The zero-order chi connectivity index (χ0) is 24.9. The molecule has 0 saturated carbocycles. The van der Waals surface area contributed by atoms with Gasteiger partial charge >= 0.3 is 0 Å². The smallest absolute Gasteiger partial charge is 0.264 e. The van der Waals surface area contributed by atoms with Gasteiger partial charge in [-0.1, -0.05) is 29.3 Å². The Bertz CT molecular complexity index is 1250. The summed E-state index contributed by atoms with van der Waals surface area (Å²) in [5, 5.41) is 3.32. The van der Waals surface area contributed by atoms with Crippen LogP contribution in [0, 0.1) is 6.92 Å². The summed E-state index contributed by atoms with van der Waals surface area (Å²) in [6, 6.07) is 17.6. The van der Waals surface area contributed by atoms with Crippen LogP contribution in [-0.4, -0.2) is 35.1 Å². The first-order valence-electron chi connectivity index (χ1n) is 10.5. The van der Waals surface area contributed by atoms with Crippen LogP contribution in [0.2, 0.25) is 5.02 Å². The fourth-order valence-corrected chi connectivity index (χ4v) is 4.98. The van der Waals surface area contributed by atoms with E-state index in [0.29, 0.717) is 27.8 Å². The third kappa shape index (κ3) is 5.81. The molecule has 3 aromatic rings. The number of hydrogen-bond donors (Lipinski definition) is 1. The number of ether oxygens (including phenoxy) is 2. The molecule has 3 aromatic carbocycles. The molecule has 0 bridgehead atoms. The van der Waals surface area contributed by atoms with Gasteiger partial charge in [0, 0.05) is 10.6 Å². The number of amides is 1. The molecule has 0 aliphatic rings. The predicted molar refractivity (Wildman–Crippen MR) is 133 cm³/mol. The van der Waals surface area contributed by atoms with Gasteiger partial charge in [0.15, 0.2) is 0 Å². The Hall–Kier alpha value is -3.23. The first-order valence-corrected chi connectivity index (χ1v) is 12.3. The number of anilines is 1. The summed E-state index contributed by atoms with van der Waals surface area (Å²) in [5.41, 5.74) is 1.96. The van der Waals surface area contributed by atoms with E-state index in [0.717, 1.165) is 9.87 Å². The minimum atomic E-state index is -4.02. The first-order chi connectivity index (χ1) is 16.1. The van der Waals surface area contributed by atoms with Crippen molar-refractivity contribution >= 4 is 33.2 Å². The van der Waals surface area contributed by atoms with E-state index in [4.69, 9.17) is 21.1 Å². The highest BCUT2D eigenvalue weighted by Gasteiger charge is 2.28. The standard InChI is InChI=1S/C25H27ClN2O5S/c1-17-5-12-22(13-6-17)34(30,31)28(20-9-7-19(26)8-10-20)16-25(29)27-18(2)23-15-21(32-3)11-14-24(23)33-4/h5-15,18H,16H2,1-4H3,(H,27,29)/t18-/m0/s1. The normalized spacial score (nSPS) is 12.0. The molecule has 0 radical (unpaired) electrons. The van der Waals surface area contributed by atoms with Gasteiger partial charge in [0.1, 0.15) is 18.0 Å². The van der Waals surface area contributed by atoms with Gasteiger partial charge in [0.05, 0.1) is 30.8 Å². The van der Waals surface area contributed by atoms with Crippen LogP contribution in [0.5, 0.6) is 11.5 Å². The van der Waals surface area contributed by atoms with Crippen molar-refractivity contribution in [2.24, 2.45) is 0 Å². The Balaban J connectivity index is 1.90. The molecule has 0 aromatic heterocycles. The average molecular weight is 503 g/mol. The van der Waals surface area contributed by atoms with E-state index in [9.17, 15) is 13.2 Å². The summed E-state index contributed by atoms with van der Waals surface area (Å²) in [4.78, 5) is 13.1. The van der Waals surface area contributed by atoms with E-state index in [1.807, 2.05) is 6.92 Å². The molecular formula is C25H27ClN2O5S. The summed E-state index contributed by atoms with van der Waals surface area (Å²) in [6.45, 7) is 3.24. The molecule has 0 fully saturated rings. The number of benzene rings is 3. The van der Waals surface area contributed by atoms with Gasteiger partial charge in [-0.3, -0.25) is 9.10 Å². The van der Waals surface area contributed by atoms with Crippen molar-refractivity contribution in [3.8, 4) is 11.5 Å². The zero-order valence-electron chi connectivity index (χ0n) is 19.4. The minimum Gasteiger partial charge on any atom is -0.497 e. The maximum atomic E-state index is 13.5. The van der Waals surface area contributed by atoms with Gasteiger partial charge < -0.3 is 14.8 Å². The van der Waals surface area contributed by atoms with Gasteiger partial charge in [-0.2, -0.15) is 0 Å². The molecule has 1 amide bonds. The van der Waals surface area contributed by atoms with Crippen LogP contribution in [0.1, 0.15) is 24.1 Å². The number of nitrogens with zero attached hydrogens (tertiary/aromatic N) is 1. The highest BCUT2D eigenvalue weighted by molar-refractivity contribution is 7.92. The summed E-state index contributed by atoms with van der Waals surface area (Å²) in [5.74, 6) is 0.708. The highest BCUT2D eigenvalue weighted by atomic mass is 35.5. The third-order valence-electron chi connectivity index (χ3n) is 5.29. The maximum Gasteiger partial charge on any atom is 0.264 e. The lowest BCUT2D eigenvalue weighted by molar-refractivity contribution is -0.120. The Kier molecular flexibility index (Phi) is 8.06. The van der Waals surface area contributed by atoms with Crippen molar-refractivity contribution in [1.29, 1.82) is 0 Å². The van der Waals surface area contributed by atoms with Gasteiger partial charge in [-0.25, -0.2) is 8.42 Å².